The molecular formula is C9H13NO2S. The van der Waals surface area contributed by atoms with E-state index in [1.165, 1.54) is 0 Å². The van der Waals surface area contributed by atoms with Crippen LogP contribution < -0.4 is 4.72 Å². The highest BCUT2D eigenvalue weighted by atomic mass is 32.2. The van der Waals surface area contributed by atoms with E-state index in [0.29, 0.717) is 11.6 Å². The molecule has 0 fully saturated rings. The first-order valence-electron chi connectivity index (χ1n) is 4.07. The van der Waals surface area contributed by atoms with Crippen LogP contribution in [0.15, 0.2) is 24.3 Å². The van der Waals surface area contributed by atoms with Gasteiger partial charge in [0.25, 0.3) is 11.3 Å². The summed E-state index contributed by atoms with van der Waals surface area (Å²) in [5.74, 6) is 0.425. The second-order valence-electron chi connectivity index (χ2n) is 3.13. The predicted octanol–water partition coefficient (Wildman–Crippen LogP) is 2.36. The van der Waals surface area contributed by atoms with Gasteiger partial charge in [-0.1, -0.05) is 26.0 Å². The van der Waals surface area contributed by atoms with Gasteiger partial charge in [0.05, 0.1) is 0 Å². The molecule has 1 aromatic carbocycles. The average Bonchev–Trinajstić information content (AvgIpc) is 2.03. The van der Waals surface area contributed by atoms with E-state index in [4.69, 9.17) is 4.55 Å². The Balaban J connectivity index is 2.85. The Labute approximate surface area is 80.6 Å². The van der Waals surface area contributed by atoms with Crippen molar-refractivity contribution < 1.29 is 8.76 Å². The fraction of sp³-hybridized carbons (Fsp3) is 0.333. The van der Waals surface area contributed by atoms with Crippen molar-refractivity contribution in [1.29, 1.82) is 0 Å². The molecule has 0 spiro atoms. The molecular weight excluding hydrogens is 186 g/mol. The summed E-state index contributed by atoms with van der Waals surface area (Å²) in [6, 6.07) is 7.50. The lowest BCUT2D eigenvalue weighted by molar-refractivity contribution is 0.570. The number of anilines is 1. The van der Waals surface area contributed by atoms with E-state index in [1.807, 2.05) is 18.2 Å². The van der Waals surface area contributed by atoms with Crippen LogP contribution in [0.25, 0.3) is 0 Å². The van der Waals surface area contributed by atoms with Gasteiger partial charge < -0.3 is 0 Å². The van der Waals surface area contributed by atoms with Gasteiger partial charge in [-0.15, -0.1) is 0 Å². The van der Waals surface area contributed by atoms with E-state index in [9.17, 15) is 4.21 Å². The van der Waals surface area contributed by atoms with E-state index < -0.39 is 11.3 Å². The predicted molar refractivity (Wildman–Crippen MR) is 54.9 cm³/mol. The molecule has 1 rings (SSSR count). The minimum atomic E-state index is -1.99. The molecule has 1 atom stereocenters. The molecule has 4 heteroatoms. The van der Waals surface area contributed by atoms with Gasteiger partial charge in [0.1, 0.15) is 0 Å². The van der Waals surface area contributed by atoms with Crippen LogP contribution in [-0.4, -0.2) is 8.76 Å². The maximum Gasteiger partial charge on any atom is 0.259 e. The summed E-state index contributed by atoms with van der Waals surface area (Å²) in [5, 5.41) is 0. The van der Waals surface area contributed by atoms with Crippen molar-refractivity contribution in [1.82, 2.24) is 0 Å². The third-order valence-corrected chi connectivity index (χ3v) is 2.17. The van der Waals surface area contributed by atoms with Gasteiger partial charge in [-0.2, -0.15) is 0 Å². The van der Waals surface area contributed by atoms with Crippen LogP contribution in [0.1, 0.15) is 25.3 Å². The van der Waals surface area contributed by atoms with Crippen LogP contribution in [0.5, 0.6) is 0 Å². The molecule has 0 radical (unpaired) electrons. The van der Waals surface area contributed by atoms with E-state index in [-0.39, 0.29) is 0 Å². The monoisotopic (exact) mass is 199 g/mol. The van der Waals surface area contributed by atoms with Gasteiger partial charge in [-0.3, -0.25) is 9.27 Å². The summed E-state index contributed by atoms with van der Waals surface area (Å²) in [6.45, 7) is 4.16. The molecule has 0 saturated carbocycles. The number of rotatable bonds is 3. The van der Waals surface area contributed by atoms with Crippen molar-refractivity contribution in [2.45, 2.75) is 19.8 Å². The second kappa shape index (κ2) is 4.39. The lowest BCUT2D eigenvalue weighted by Gasteiger charge is -2.07. The largest absolute Gasteiger partial charge is 0.289 e. The maximum absolute atomic E-state index is 10.4. The number of benzene rings is 1. The Hall–Kier alpha value is -0.870. The first kappa shape index (κ1) is 10.2. The SMILES string of the molecule is CC(C)c1cccc(NS(=O)O)c1. The van der Waals surface area contributed by atoms with Crippen LogP contribution in [0.4, 0.5) is 5.69 Å². The molecule has 0 aliphatic heterocycles. The Bertz CT molecular complexity index is 312. The number of hydrogen-bond donors (Lipinski definition) is 2. The maximum atomic E-state index is 10.4. The molecule has 0 aromatic heterocycles. The van der Waals surface area contributed by atoms with Gasteiger partial charge in [-0.05, 0) is 23.6 Å². The second-order valence-corrected chi connectivity index (χ2v) is 3.83. The fourth-order valence-corrected chi connectivity index (χ4v) is 1.39. The van der Waals surface area contributed by atoms with Gasteiger partial charge in [0.2, 0.25) is 0 Å². The molecule has 3 nitrogen and oxygen atoms in total. The molecule has 0 bridgehead atoms. The Morgan fingerprint density at radius 2 is 2.15 bits per heavy atom. The van der Waals surface area contributed by atoms with Crippen molar-refractivity contribution in [2.75, 3.05) is 4.72 Å². The molecule has 0 aliphatic carbocycles. The van der Waals surface area contributed by atoms with Crippen LogP contribution in [0, 0.1) is 0 Å². The van der Waals surface area contributed by atoms with E-state index in [2.05, 4.69) is 18.6 Å². The highest BCUT2D eigenvalue weighted by Gasteiger charge is 2.00. The number of hydrogen-bond acceptors (Lipinski definition) is 1. The molecule has 72 valence electrons. The smallest absolute Gasteiger partial charge is 0.259 e. The molecule has 1 aromatic rings. The minimum Gasteiger partial charge on any atom is -0.289 e. The first-order valence-corrected chi connectivity index (χ1v) is 5.17. The molecule has 0 aliphatic rings. The summed E-state index contributed by atoms with van der Waals surface area (Å²) in [7, 11) is 0. The van der Waals surface area contributed by atoms with Gasteiger partial charge in [-0.25, -0.2) is 4.21 Å². The average molecular weight is 199 g/mol. The van der Waals surface area contributed by atoms with Crippen molar-refractivity contribution in [3.63, 3.8) is 0 Å². The lowest BCUT2D eigenvalue weighted by Crippen LogP contribution is -2.02. The standard InChI is InChI=1S/C9H13NO2S/c1-7(2)8-4-3-5-9(6-8)10-13(11)12/h3-7,10H,1-2H3,(H,11,12). The molecule has 1 unspecified atom stereocenters. The van der Waals surface area contributed by atoms with Crippen LogP contribution in [0.2, 0.25) is 0 Å². The highest BCUT2D eigenvalue weighted by molar-refractivity contribution is 7.80. The third-order valence-electron chi connectivity index (χ3n) is 1.76. The summed E-state index contributed by atoms with van der Waals surface area (Å²) < 4.78 is 21.5. The topological polar surface area (TPSA) is 49.3 Å². The van der Waals surface area contributed by atoms with Gasteiger partial charge in [0, 0.05) is 5.69 Å². The molecule has 0 heterocycles. The molecule has 0 amide bonds. The Morgan fingerprint density at radius 3 is 2.69 bits per heavy atom. The van der Waals surface area contributed by atoms with Crippen molar-refractivity contribution in [3.05, 3.63) is 29.8 Å². The fourth-order valence-electron chi connectivity index (χ4n) is 1.06. The summed E-state index contributed by atoms with van der Waals surface area (Å²) in [4.78, 5) is 0. The lowest BCUT2D eigenvalue weighted by atomic mass is 10.0. The highest BCUT2D eigenvalue weighted by Crippen LogP contribution is 2.18. The molecule has 13 heavy (non-hydrogen) atoms. The summed E-state index contributed by atoms with van der Waals surface area (Å²) in [5.41, 5.74) is 1.82. The van der Waals surface area contributed by atoms with E-state index in [0.717, 1.165) is 5.56 Å². The Kier molecular flexibility index (Phi) is 3.45. The zero-order chi connectivity index (χ0) is 9.84. The van der Waals surface area contributed by atoms with Gasteiger partial charge >= 0.3 is 0 Å². The molecule has 0 saturated heterocycles. The zero-order valence-corrected chi connectivity index (χ0v) is 8.47. The first-order chi connectivity index (χ1) is 6.09. The summed E-state index contributed by atoms with van der Waals surface area (Å²) >= 11 is -1.99. The van der Waals surface area contributed by atoms with Gasteiger partial charge in [0.15, 0.2) is 0 Å². The minimum absolute atomic E-state index is 0.425. The zero-order valence-electron chi connectivity index (χ0n) is 7.65. The number of nitrogens with one attached hydrogen (secondary N) is 1. The van der Waals surface area contributed by atoms with Crippen molar-refractivity contribution >= 4 is 17.0 Å². The van der Waals surface area contributed by atoms with Crippen molar-refractivity contribution in [3.8, 4) is 0 Å². The quantitative estimate of drug-likeness (QED) is 0.734. The normalized spacial score (nSPS) is 12.9. The molecule has 2 N–H and O–H groups in total. The van der Waals surface area contributed by atoms with E-state index in [1.54, 1.807) is 6.07 Å². The van der Waals surface area contributed by atoms with Crippen LogP contribution in [-0.2, 0) is 11.3 Å². The Morgan fingerprint density at radius 1 is 1.46 bits per heavy atom. The third kappa shape index (κ3) is 3.16. The van der Waals surface area contributed by atoms with Crippen LogP contribution in [0.3, 0.4) is 0 Å². The summed E-state index contributed by atoms with van der Waals surface area (Å²) in [6.07, 6.45) is 0. The van der Waals surface area contributed by atoms with E-state index >= 15 is 0 Å². The van der Waals surface area contributed by atoms with Crippen molar-refractivity contribution in [2.24, 2.45) is 0 Å². The van der Waals surface area contributed by atoms with Crippen LogP contribution >= 0.6 is 0 Å².